The molecule has 1 N–H and O–H groups in total. The van der Waals surface area contributed by atoms with Gasteiger partial charge in [0, 0.05) is 14.1 Å². The highest BCUT2D eigenvalue weighted by Gasteiger charge is 2.11. The molecule has 2 aromatic heterocycles. The third-order valence-corrected chi connectivity index (χ3v) is 3.83. The number of nitrogens with one attached hydrogen (secondary N) is 1. The third kappa shape index (κ3) is 3.18. The van der Waals surface area contributed by atoms with Crippen LogP contribution in [0.2, 0.25) is 0 Å². The van der Waals surface area contributed by atoms with Gasteiger partial charge in [0.1, 0.15) is 11.5 Å². The molecule has 0 saturated carbocycles. The van der Waals surface area contributed by atoms with Crippen molar-refractivity contribution in [3.63, 3.8) is 0 Å². The summed E-state index contributed by atoms with van der Waals surface area (Å²) < 4.78 is 15.4. The highest BCUT2D eigenvalue weighted by Crippen LogP contribution is 2.13. The lowest BCUT2D eigenvalue weighted by Crippen LogP contribution is -2.37. The summed E-state index contributed by atoms with van der Waals surface area (Å²) in [4.78, 5) is 40.3. The molecule has 3 rings (SSSR count). The number of fused-ring (bicyclic) bond motifs is 1. The van der Waals surface area contributed by atoms with Crippen molar-refractivity contribution in [1.29, 1.82) is 0 Å². The Morgan fingerprint density at radius 3 is 2.68 bits per heavy atom. The molecular weight excluding hydrogens is 327 g/mol. The van der Waals surface area contributed by atoms with Gasteiger partial charge in [-0.2, -0.15) is 0 Å². The topological polar surface area (TPSA) is 86.0 Å². The van der Waals surface area contributed by atoms with Gasteiger partial charge in [-0.05, 0) is 23.8 Å². The Morgan fingerprint density at radius 2 is 1.96 bits per heavy atom. The van der Waals surface area contributed by atoms with Crippen LogP contribution in [0, 0.1) is 5.82 Å². The predicted molar refractivity (Wildman–Crippen MR) is 91.0 cm³/mol. The molecule has 3 aromatic rings. The second-order valence-electron chi connectivity index (χ2n) is 5.66. The van der Waals surface area contributed by atoms with E-state index in [0.29, 0.717) is 11.3 Å². The molecule has 0 radical (unpaired) electrons. The lowest BCUT2D eigenvalue weighted by Gasteiger charge is -2.09. The molecule has 0 saturated heterocycles. The van der Waals surface area contributed by atoms with E-state index in [1.807, 2.05) is 0 Å². The lowest BCUT2D eigenvalue weighted by atomic mass is 10.1. The Morgan fingerprint density at radius 1 is 1.20 bits per heavy atom. The summed E-state index contributed by atoms with van der Waals surface area (Å²) in [6.45, 7) is 0. The number of aromatic nitrogens is 3. The van der Waals surface area contributed by atoms with Gasteiger partial charge in [-0.25, -0.2) is 14.2 Å². The van der Waals surface area contributed by atoms with E-state index in [-0.39, 0.29) is 23.4 Å². The Balaban J connectivity index is 1.91. The van der Waals surface area contributed by atoms with Crippen molar-refractivity contribution in [2.75, 3.05) is 5.32 Å². The predicted octanol–water partition coefficient (Wildman–Crippen LogP) is 0.952. The first-order chi connectivity index (χ1) is 11.9. The number of aryl methyl sites for hydroxylation is 1. The number of pyridine rings is 1. The first kappa shape index (κ1) is 16.6. The van der Waals surface area contributed by atoms with Crippen LogP contribution in [0.1, 0.15) is 5.56 Å². The minimum absolute atomic E-state index is 0.0128. The zero-order valence-corrected chi connectivity index (χ0v) is 13.6. The smallest absolute Gasteiger partial charge is 0.324 e. The standard InChI is InChI=1S/C17H15FN4O3/c1-21-15-13(16(24)22(2)17(21)25)8-12(9-19-15)20-14(23)7-10-4-3-5-11(18)6-10/h3-6,8-9H,7H2,1-2H3,(H,20,23). The van der Waals surface area contributed by atoms with Gasteiger partial charge in [0.25, 0.3) is 5.56 Å². The summed E-state index contributed by atoms with van der Waals surface area (Å²) >= 11 is 0. The van der Waals surface area contributed by atoms with Gasteiger partial charge in [-0.15, -0.1) is 0 Å². The highest BCUT2D eigenvalue weighted by atomic mass is 19.1. The summed E-state index contributed by atoms with van der Waals surface area (Å²) in [5.41, 5.74) is 0.116. The molecule has 128 valence electrons. The molecule has 0 aliphatic rings. The zero-order chi connectivity index (χ0) is 18.1. The van der Waals surface area contributed by atoms with Crippen molar-refractivity contribution >= 4 is 22.6 Å². The first-order valence-electron chi connectivity index (χ1n) is 7.47. The molecule has 25 heavy (non-hydrogen) atoms. The maximum Gasteiger partial charge on any atom is 0.332 e. The molecule has 1 amide bonds. The average molecular weight is 342 g/mol. The number of halogens is 1. The number of hydrogen-bond acceptors (Lipinski definition) is 4. The van der Waals surface area contributed by atoms with Gasteiger partial charge in [-0.3, -0.25) is 18.7 Å². The van der Waals surface area contributed by atoms with Crippen LogP contribution in [-0.2, 0) is 25.3 Å². The van der Waals surface area contributed by atoms with Crippen LogP contribution in [-0.4, -0.2) is 20.0 Å². The van der Waals surface area contributed by atoms with Gasteiger partial charge in [0.15, 0.2) is 0 Å². The van der Waals surface area contributed by atoms with Gasteiger partial charge >= 0.3 is 5.69 Å². The number of amides is 1. The Bertz CT molecular complexity index is 1100. The van der Waals surface area contributed by atoms with Crippen molar-refractivity contribution in [3.05, 3.63) is 68.7 Å². The molecule has 2 heterocycles. The van der Waals surface area contributed by atoms with Crippen LogP contribution in [0.25, 0.3) is 11.0 Å². The molecule has 0 aliphatic carbocycles. The van der Waals surface area contributed by atoms with E-state index in [1.165, 1.54) is 49.1 Å². The fraction of sp³-hybridized carbons (Fsp3) is 0.176. The fourth-order valence-corrected chi connectivity index (χ4v) is 2.57. The van der Waals surface area contributed by atoms with Crippen LogP contribution in [0.3, 0.4) is 0 Å². The number of nitrogens with zero attached hydrogens (tertiary/aromatic N) is 3. The molecule has 7 nitrogen and oxygen atoms in total. The maximum absolute atomic E-state index is 13.2. The molecule has 0 spiro atoms. The number of rotatable bonds is 3. The van der Waals surface area contributed by atoms with E-state index in [4.69, 9.17) is 0 Å². The Hall–Kier alpha value is -3.29. The molecule has 0 fully saturated rings. The number of carbonyl (C=O) groups is 1. The van der Waals surface area contributed by atoms with Gasteiger partial charge in [-0.1, -0.05) is 12.1 Å². The largest absolute Gasteiger partial charge is 0.332 e. The second kappa shape index (κ2) is 6.31. The Kier molecular flexibility index (Phi) is 4.18. The molecule has 1 aromatic carbocycles. The van der Waals surface area contributed by atoms with Gasteiger partial charge < -0.3 is 5.32 Å². The summed E-state index contributed by atoms with van der Waals surface area (Å²) in [7, 11) is 2.89. The van der Waals surface area contributed by atoms with Crippen LogP contribution < -0.4 is 16.6 Å². The van der Waals surface area contributed by atoms with E-state index in [9.17, 15) is 18.8 Å². The van der Waals surface area contributed by atoms with Crippen LogP contribution >= 0.6 is 0 Å². The summed E-state index contributed by atoms with van der Waals surface area (Å²) in [5, 5.41) is 2.84. The SMILES string of the molecule is Cn1c(=O)c2cc(NC(=O)Cc3cccc(F)c3)cnc2n(C)c1=O. The van der Waals surface area contributed by atoms with Crippen LogP contribution in [0.4, 0.5) is 10.1 Å². The molecular formula is C17H15FN4O3. The van der Waals surface area contributed by atoms with Crippen molar-refractivity contribution in [3.8, 4) is 0 Å². The summed E-state index contributed by atoms with van der Waals surface area (Å²) in [6, 6.07) is 7.22. The normalized spacial score (nSPS) is 10.8. The molecule has 8 heteroatoms. The van der Waals surface area contributed by atoms with Gasteiger partial charge in [0.05, 0.1) is 23.7 Å². The Labute approximate surface area is 141 Å². The second-order valence-corrected chi connectivity index (χ2v) is 5.66. The van der Waals surface area contributed by atoms with E-state index < -0.39 is 17.1 Å². The average Bonchev–Trinajstić information content (AvgIpc) is 2.58. The van der Waals surface area contributed by atoms with E-state index >= 15 is 0 Å². The fourth-order valence-electron chi connectivity index (χ4n) is 2.57. The van der Waals surface area contributed by atoms with Crippen molar-refractivity contribution in [1.82, 2.24) is 14.1 Å². The third-order valence-electron chi connectivity index (χ3n) is 3.83. The number of carbonyl (C=O) groups excluding carboxylic acids is 1. The van der Waals surface area contributed by atoms with E-state index in [2.05, 4.69) is 10.3 Å². The summed E-state index contributed by atoms with van der Waals surface area (Å²) in [5.74, 6) is -0.782. The monoisotopic (exact) mass is 342 g/mol. The van der Waals surface area contributed by atoms with Crippen molar-refractivity contribution < 1.29 is 9.18 Å². The number of anilines is 1. The lowest BCUT2D eigenvalue weighted by molar-refractivity contribution is -0.115. The summed E-state index contributed by atoms with van der Waals surface area (Å²) in [6.07, 6.45) is 1.35. The number of benzene rings is 1. The maximum atomic E-state index is 13.2. The zero-order valence-electron chi connectivity index (χ0n) is 13.6. The van der Waals surface area contributed by atoms with E-state index in [1.54, 1.807) is 6.07 Å². The minimum Gasteiger partial charge on any atom is -0.324 e. The van der Waals surface area contributed by atoms with E-state index in [0.717, 1.165) is 4.57 Å². The van der Waals surface area contributed by atoms with Crippen LogP contribution in [0.15, 0.2) is 46.1 Å². The highest BCUT2D eigenvalue weighted by molar-refractivity contribution is 5.93. The molecule has 0 atom stereocenters. The molecule has 0 aliphatic heterocycles. The number of hydrogen-bond donors (Lipinski definition) is 1. The minimum atomic E-state index is -0.494. The van der Waals surface area contributed by atoms with Crippen molar-refractivity contribution in [2.45, 2.75) is 6.42 Å². The molecule has 0 bridgehead atoms. The quantitative estimate of drug-likeness (QED) is 0.768. The van der Waals surface area contributed by atoms with Crippen LogP contribution in [0.5, 0.6) is 0 Å². The molecule has 0 unspecified atom stereocenters. The van der Waals surface area contributed by atoms with Gasteiger partial charge in [0.2, 0.25) is 5.91 Å². The first-order valence-corrected chi connectivity index (χ1v) is 7.47. The van der Waals surface area contributed by atoms with Crippen molar-refractivity contribution in [2.24, 2.45) is 14.1 Å².